The van der Waals surface area contributed by atoms with E-state index in [1.165, 1.54) is 10.8 Å². The zero-order valence-electron chi connectivity index (χ0n) is 8.91. The van der Waals surface area contributed by atoms with Gasteiger partial charge in [0.1, 0.15) is 0 Å². The molecule has 0 aliphatic heterocycles. The summed E-state index contributed by atoms with van der Waals surface area (Å²) in [6.07, 6.45) is 3.00. The lowest BCUT2D eigenvalue weighted by Crippen LogP contribution is -2.19. The molecule has 1 aromatic carbocycles. The van der Waals surface area contributed by atoms with Crippen molar-refractivity contribution in [2.75, 3.05) is 0 Å². The smallest absolute Gasteiger partial charge is 0.380 e. The second-order valence-corrected chi connectivity index (χ2v) is 3.50. The van der Waals surface area contributed by atoms with Crippen molar-refractivity contribution < 1.29 is 14.7 Å². The number of benzene rings is 1. The summed E-state index contributed by atoms with van der Waals surface area (Å²) in [6, 6.07) is 9.45. The van der Waals surface area contributed by atoms with Crippen molar-refractivity contribution >= 4 is 11.8 Å². The van der Waals surface area contributed by atoms with E-state index in [9.17, 15) is 9.59 Å². The number of hydrogen-bond donors (Lipinski definition) is 1. The molecular weight excluding hydrogens is 220 g/mol. The number of nitrogens with zero attached hydrogens (tertiary/aromatic N) is 2. The first-order chi connectivity index (χ1) is 8.18. The summed E-state index contributed by atoms with van der Waals surface area (Å²) in [7, 11) is 0. The first kappa shape index (κ1) is 11.1. The molecule has 86 valence electrons. The highest BCUT2D eigenvalue weighted by Crippen LogP contribution is 2.06. The van der Waals surface area contributed by atoms with Gasteiger partial charge in [-0.05, 0) is 5.56 Å². The second-order valence-electron chi connectivity index (χ2n) is 3.50. The van der Waals surface area contributed by atoms with E-state index in [0.29, 0.717) is 6.54 Å². The average molecular weight is 230 g/mol. The maximum Gasteiger partial charge on any atom is 0.380 e. The van der Waals surface area contributed by atoms with Crippen molar-refractivity contribution in [1.29, 1.82) is 0 Å². The van der Waals surface area contributed by atoms with E-state index in [1.807, 2.05) is 30.3 Å². The first-order valence-electron chi connectivity index (χ1n) is 5.01. The molecule has 0 radical (unpaired) electrons. The minimum atomic E-state index is -1.49. The van der Waals surface area contributed by atoms with Gasteiger partial charge in [-0.2, -0.15) is 0 Å². The molecule has 1 heterocycles. The number of ketones is 1. The molecule has 2 aromatic rings. The molecule has 0 aliphatic carbocycles. The van der Waals surface area contributed by atoms with E-state index in [2.05, 4.69) is 4.98 Å². The fourth-order valence-corrected chi connectivity index (χ4v) is 1.52. The highest BCUT2D eigenvalue weighted by Gasteiger charge is 2.19. The summed E-state index contributed by atoms with van der Waals surface area (Å²) >= 11 is 0. The number of aliphatic carboxylic acids is 1. The molecule has 5 nitrogen and oxygen atoms in total. The second kappa shape index (κ2) is 4.61. The van der Waals surface area contributed by atoms with Crippen molar-refractivity contribution in [3.8, 4) is 0 Å². The van der Waals surface area contributed by atoms with Crippen LogP contribution >= 0.6 is 0 Å². The SMILES string of the molecule is O=C(O)C(=O)c1nccn1Cc1ccccc1. The molecule has 17 heavy (non-hydrogen) atoms. The number of carbonyl (C=O) groups is 2. The summed E-state index contributed by atoms with van der Waals surface area (Å²) in [5.41, 5.74) is 0.977. The van der Waals surface area contributed by atoms with Gasteiger partial charge in [-0.15, -0.1) is 0 Å². The summed E-state index contributed by atoms with van der Waals surface area (Å²) in [6.45, 7) is 0.426. The Hall–Kier alpha value is -2.43. The Morgan fingerprint density at radius 3 is 2.59 bits per heavy atom. The molecule has 0 saturated carbocycles. The maximum absolute atomic E-state index is 11.3. The van der Waals surface area contributed by atoms with E-state index in [0.717, 1.165) is 5.56 Å². The number of rotatable bonds is 4. The fraction of sp³-hybridized carbons (Fsp3) is 0.0833. The molecule has 0 unspecified atom stereocenters. The first-order valence-corrected chi connectivity index (χ1v) is 5.01. The minimum Gasteiger partial charge on any atom is -0.475 e. The Kier molecular flexibility index (Phi) is 3.00. The van der Waals surface area contributed by atoms with Crippen LogP contribution in [-0.2, 0) is 11.3 Å². The van der Waals surface area contributed by atoms with E-state index in [4.69, 9.17) is 5.11 Å². The van der Waals surface area contributed by atoms with Crippen molar-refractivity contribution in [2.45, 2.75) is 6.54 Å². The van der Waals surface area contributed by atoms with Crippen LogP contribution in [0.2, 0.25) is 0 Å². The molecule has 0 spiro atoms. The van der Waals surface area contributed by atoms with Crippen LogP contribution < -0.4 is 0 Å². The Bertz CT molecular complexity index is 546. The number of imidazole rings is 1. The van der Waals surface area contributed by atoms with Crippen LogP contribution in [0, 0.1) is 0 Å². The van der Waals surface area contributed by atoms with Crippen LogP contribution in [0.1, 0.15) is 16.2 Å². The standard InChI is InChI=1S/C12H10N2O3/c15-10(12(16)17)11-13-6-7-14(11)8-9-4-2-1-3-5-9/h1-7H,8H2,(H,16,17). The molecule has 0 aliphatic rings. The molecule has 0 fully saturated rings. The zero-order valence-corrected chi connectivity index (χ0v) is 8.91. The average Bonchev–Trinajstić information content (AvgIpc) is 2.77. The van der Waals surface area contributed by atoms with Crippen LogP contribution in [0.25, 0.3) is 0 Å². The van der Waals surface area contributed by atoms with Crippen molar-refractivity contribution in [1.82, 2.24) is 9.55 Å². The molecule has 0 amide bonds. The Balaban J connectivity index is 2.26. The molecule has 0 saturated heterocycles. The van der Waals surface area contributed by atoms with Gasteiger partial charge < -0.3 is 9.67 Å². The minimum absolute atomic E-state index is 0.0543. The fourth-order valence-electron chi connectivity index (χ4n) is 1.52. The van der Waals surface area contributed by atoms with Gasteiger partial charge in [-0.25, -0.2) is 9.78 Å². The summed E-state index contributed by atoms with van der Waals surface area (Å²) in [5.74, 6) is -2.54. The molecule has 1 aromatic heterocycles. The van der Waals surface area contributed by atoms with Gasteiger partial charge in [-0.1, -0.05) is 30.3 Å². The number of carboxylic acid groups (broad SMARTS) is 1. The van der Waals surface area contributed by atoms with Crippen molar-refractivity contribution in [3.63, 3.8) is 0 Å². The lowest BCUT2D eigenvalue weighted by molar-refractivity contribution is -0.131. The highest BCUT2D eigenvalue weighted by molar-refractivity contribution is 6.38. The van der Waals surface area contributed by atoms with Gasteiger partial charge in [0.05, 0.1) is 0 Å². The summed E-state index contributed by atoms with van der Waals surface area (Å²) < 4.78 is 1.52. The van der Waals surface area contributed by atoms with Gasteiger partial charge in [0.2, 0.25) is 0 Å². The predicted molar refractivity (Wildman–Crippen MR) is 59.7 cm³/mol. The number of aromatic nitrogens is 2. The van der Waals surface area contributed by atoms with Gasteiger partial charge in [0.25, 0.3) is 0 Å². The van der Waals surface area contributed by atoms with Gasteiger partial charge in [0.15, 0.2) is 5.82 Å². The third kappa shape index (κ3) is 2.39. The topological polar surface area (TPSA) is 72.2 Å². The van der Waals surface area contributed by atoms with Gasteiger partial charge in [-0.3, -0.25) is 4.79 Å². The number of hydrogen-bond acceptors (Lipinski definition) is 3. The Labute approximate surface area is 97.3 Å². The molecule has 0 atom stereocenters. The number of carbonyl (C=O) groups excluding carboxylic acids is 1. The molecular formula is C12H10N2O3. The van der Waals surface area contributed by atoms with E-state index in [1.54, 1.807) is 6.20 Å². The van der Waals surface area contributed by atoms with Crippen LogP contribution in [0.4, 0.5) is 0 Å². The largest absolute Gasteiger partial charge is 0.475 e. The molecule has 0 bridgehead atoms. The lowest BCUT2D eigenvalue weighted by atomic mass is 10.2. The lowest BCUT2D eigenvalue weighted by Gasteiger charge is -2.05. The molecule has 1 N–H and O–H groups in total. The van der Waals surface area contributed by atoms with Crippen LogP contribution in [-0.4, -0.2) is 26.4 Å². The van der Waals surface area contributed by atoms with Crippen LogP contribution in [0.5, 0.6) is 0 Å². The Morgan fingerprint density at radius 1 is 1.24 bits per heavy atom. The third-order valence-electron chi connectivity index (χ3n) is 2.31. The third-order valence-corrected chi connectivity index (χ3v) is 2.31. The highest BCUT2D eigenvalue weighted by atomic mass is 16.4. The molecule has 2 rings (SSSR count). The summed E-state index contributed by atoms with van der Waals surface area (Å²) in [4.78, 5) is 25.7. The van der Waals surface area contributed by atoms with Crippen LogP contribution in [0.15, 0.2) is 42.7 Å². The summed E-state index contributed by atoms with van der Waals surface area (Å²) in [5, 5.41) is 8.64. The Morgan fingerprint density at radius 2 is 1.94 bits per heavy atom. The van der Waals surface area contributed by atoms with Gasteiger partial charge in [0, 0.05) is 18.9 Å². The number of Topliss-reactive ketones (excluding diaryl/α,β-unsaturated/α-hetero) is 1. The van der Waals surface area contributed by atoms with Gasteiger partial charge >= 0.3 is 11.8 Å². The predicted octanol–water partition coefficient (Wildman–Crippen LogP) is 1.20. The van der Waals surface area contributed by atoms with E-state index < -0.39 is 11.8 Å². The number of carboxylic acids is 1. The normalized spacial score (nSPS) is 10.1. The van der Waals surface area contributed by atoms with E-state index in [-0.39, 0.29) is 5.82 Å². The quantitative estimate of drug-likeness (QED) is 0.632. The van der Waals surface area contributed by atoms with Crippen molar-refractivity contribution in [2.24, 2.45) is 0 Å². The van der Waals surface area contributed by atoms with Crippen molar-refractivity contribution in [3.05, 3.63) is 54.1 Å². The molecule has 5 heteroatoms. The monoisotopic (exact) mass is 230 g/mol. The maximum atomic E-state index is 11.3. The van der Waals surface area contributed by atoms with Crippen LogP contribution in [0.3, 0.4) is 0 Å². The van der Waals surface area contributed by atoms with E-state index >= 15 is 0 Å². The zero-order chi connectivity index (χ0) is 12.3.